The number of aryl methyl sites for hydroxylation is 2. The highest BCUT2D eigenvalue weighted by Crippen LogP contribution is 2.38. The van der Waals surface area contributed by atoms with Crippen molar-refractivity contribution in [1.82, 2.24) is 39.0 Å². The van der Waals surface area contributed by atoms with Crippen molar-refractivity contribution in [3.63, 3.8) is 0 Å². The Morgan fingerprint density at radius 1 is 1.30 bits per heavy atom. The molecule has 0 saturated carbocycles. The fourth-order valence-electron chi connectivity index (χ4n) is 5.59. The third-order valence-corrected chi connectivity index (χ3v) is 9.29. The number of nitriles is 1. The molecule has 1 N–H and O–H groups in total. The van der Waals surface area contributed by atoms with E-state index in [2.05, 4.69) is 43.2 Å². The second-order valence-corrected chi connectivity index (χ2v) is 11.9. The molecule has 12 nitrogen and oxygen atoms in total. The smallest absolute Gasteiger partial charge is 0.241 e. The molecule has 0 aliphatic carbocycles. The molecule has 1 saturated heterocycles. The Labute approximate surface area is 245 Å². The van der Waals surface area contributed by atoms with E-state index >= 15 is 0 Å². The van der Waals surface area contributed by atoms with Crippen LogP contribution in [0, 0.1) is 18.3 Å². The molecule has 6 heterocycles. The Morgan fingerprint density at radius 2 is 2.17 bits per heavy atom. The summed E-state index contributed by atoms with van der Waals surface area (Å²) in [6.07, 6.45) is 8.25. The summed E-state index contributed by atoms with van der Waals surface area (Å²) < 4.78 is 17.8. The zero-order valence-corrected chi connectivity index (χ0v) is 25.4. The molecule has 0 aromatic carbocycles. The van der Waals surface area contributed by atoms with Gasteiger partial charge in [-0.1, -0.05) is 0 Å². The number of hydrogen-bond donors (Lipinski definition) is 1. The Balaban J connectivity index is 1.57. The van der Waals surface area contributed by atoms with Gasteiger partial charge in [-0.05, 0) is 66.6 Å². The number of pyridine rings is 1. The molecule has 0 spiro atoms. The second kappa shape index (κ2) is 11.4. The van der Waals surface area contributed by atoms with Crippen molar-refractivity contribution in [3.05, 3.63) is 34.9 Å². The minimum atomic E-state index is -0.120. The Hall–Kier alpha value is -3.05. The molecule has 4 aromatic rings. The van der Waals surface area contributed by atoms with E-state index < -0.39 is 0 Å². The van der Waals surface area contributed by atoms with Crippen molar-refractivity contribution in [2.75, 3.05) is 26.4 Å². The van der Waals surface area contributed by atoms with E-state index in [-0.39, 0.29) is 19.3 Å². The topological polar surface area (TPSA) is 132 Å². The molecular weight excluding hydrogens is 644 g/mol. The van der Waals surface area contributed by atoms with Gasteiger partial charge in [0, 0.05) is 25.0 Å². The summed E-state index contributed by atoms with van der Waals surface area (Å²) in [4.78, 5) is 7.20. The summed E-state index contributed by atoms with van der Waals surface area (Å²) >= 11 is 2.32. The van der Waals surface area contributed by atoms with E-state index in [4.69, 9.17) is 19.6 Å². The average Bonchev–Trinajstić information content (AvgIpc) is 3.69. The van der Waals surface area contributed by atoms with Crippen LogP contribution >= 0.6 is 28.4 Å². The van der Waals surface area contributed by atoms with E-state index in [0.29, 0.717) is 37.8 Å². The highest BCUT2D eigenvalue weighted by Gasteiger charge is 2.30. The van der Waals surface area contributed by atoms with Crippen LogP contribution < -0.4 is 9.47 Å². The SMILES string of the molecule is Cc1nn(C)c2c1-c1cc3c(nn(PI)c3cn1)/C=C/c1c(OCC#N)nn(CCO)c1CN1CCCC1CO2. The summed E-state index contributed by atoms with van der Waals surface area (Å²) in [5.74, 6) is 1.07. The van der Waals surface area contributed by atoms with Crippen molar-refractivity contribution in [1.29, 1.82) is 5.26 Å². The molecule has 2 bridgehead atoms. The molecule has 2 aliphatic rings. The molecule has 4 aromatic heterocycles. The molecule has 1 fully saturated rings. The highest BCUT2D eigenvalue weighted by atomic mass is 127. The van der Waals surface area contributed by atoms with E-state index in [0.717, 1.165) is 64.2 Å². The molecular formula is C26H29IN9O3P. The van der Waals surface area contributed by atoms with Crippen LogP contribution in [-0.4, -0.2) is 76.5 Å². The number of ether oxygens (including phenoxy) is 2. The van der Waals surface area contributed by atoms with Crippen LogP contribution in [-0.2, 0) is 20.1 Å². The first kappa shape index (κ1) is 27.1. The van der Waals surface area contributed by atoms with Gasteiger partial charge < -0.3 is 14.6 Å². The van der Waals surface area contributed by atoms with Crippen LogP contribution in [0.4, 0.5) is 0 Å². The lowest BCUT2D eigenvalue weighted by molar-refractivity contribution is 0.156. The van der Waals surface area contributed by atoms with Crippen LogP contribution in [0.15, 0.2) is 12.3 Å². The van der Waals surface area contributed by atoms with Crippen LogP contribution in [0.25, 0.3) is 34.3 Å². The molecule has 2 atom stereocenters. The van der Waals surface area contributed by atoms with Gasteiger partial charge in [0.25, 0.3) is 0 Å². The van der Waals surface area contributed by atoms with Crippen LogP contribution in [0.2, 0.25) is 0 Å². The minimum absolute atomic E-state index is 0.0634. The number of aliphatic hydroxyl groups excluding tert-OH is 1. The fourth-order valence-corrected chi connectivity index (χ4v) is 7.11. The second-order valence-electron chi connectivity index (χ2n) is 9.83. The normalized spacial score (nSPS) is 18.2. The number of hydrogen-bond acceptors (Lipinski definition) is 9. The Morgan fingerprint density at radius 3 is 2.98 bits per heavy atom. The number of halogens is 1. The van der Waals surface area contributed by atoms with E-state index in [1.165, 1.54) is 0 Å². The number of nitrogens with zero attached hydrogens (tertiary/aromatic N) is 9. The summed E-state index contributed by atoms with van der Waals surface area (Å²) in [6.45, 7) is 4.13. The number of fused-ring (bicyclic) bond motifs is 5. The summed E-state index contributed by atoms with van der Waals surface area (Å²) in [7, 11) is 1.90. The molecule has 0 radical (unpaired) electrons. The van der Waals surface area contributed by atoms with Gasteiger partial charge in [0.15, 0.2) is 6.61 Å². The Kier molecular flexibility index (Phi) is 7.76. The molecule has 14 heteroatoms. The van der Waals surface area contributed by atoms with Gasteiger partial charge in [-0.25, -0.2) is 9.13 Å². The van der Waals surface area contributed by atoms with Gasteiger partial charge in [-0.3, -0.25) is 14.6 Å². The van der Waals surface area contributed by atoms with E-state index in [9.17, 15) is 10.4 Å². The monoisotopic (exact) mass is 673 g/mol. The summed E-state index contributed by atoms with van der Waals surface area (Å²) in [5.41, 5.74) is 5.94. The van der Waals surface area contributed by atoms with Crippen molar-refractivity contribution >= 4 is 51.5 Å². The molecule has 40 heavy (non-hydrogen) atoms. The first-order valence-electron chi connectivity index (χ1n) is 13.1. The van der Waals surface area contributed by atoms with Gasteiger partial charge in [-0.15, -0.1) is 5.10 Å². The lowest BCUT2D eigenvalue weighted by atomic mass is 10.1. The molecule has 0 amide bonds. The van der Waals surface area contributed by atoms with Crippen LogP contribution in [0.3, 0.4) is 0 Å². The Bertz CT molecular complexity index is 1640. The third kappa shape index (κ3) is 4.87. The van der Waals surface area contributed by atoms with Crippen molar-refractivity contribution in [3.8, 4) is 29.1 Å². The van der Waals surface area contributed by atoms with Gasteiger partial charge >= 0.3 is 0 Å². The molecule has 2 aliphatic heterocycles. The molecule has 6 rings (SSSR count). The quantitative estimate of drug-likeness (QED) is 0.250. The summed E-state index contributed by atoms with van der Waals surface area (Å²) in [5, 5.41) is 34.1. The van der Waals surface area contributed by atoms with Crippen LogP contribution in [0.5, 0.6) is 11.8 Å². The first-order chi connectivity index (χ1) is 19.5. The van der Waals surface area contributed by atoms with Gasteiger partial charge in [0.05, 0.1) is 65.1 Å². The molecule has 208 valence electrons. The zero-order chi connectivity index (χ0) is 27.8. The van der Waals surface area contributed by atoms with Gasteiger partial charge in [0.1, 0.15) is 12.7 Å². The predicted octanol–water partition coefficient (Wildman–Crippen LogP) is 3.55. The average molecular weight is 673 g/mol. The zero-order valence-electron chi connectivity index (χ0n) is 22.2. The van der Waals surface area contributed by atoms with E-state index in [1.54, 1.807) is 9.36 Å². The van der Waals surface area contributed by atoms with Crippen molar-refractivity contribution in [2.45, 2.75) is 38.9 Å². The number of aliphatic hydroxyl groups is 1. The number of aromatic nitrogens is 7. The maximum absolute atomic E-state index is 9.80. The van der Waals surface area contributed by atoms with Gasteiger partial charge in [-0.2, -0.15) is 15.5 Å². The van der Waals surface area contributed by atoms with Gasteiger partial charge in [0.2, 0.25) is 11.8 Å². The minimum Gasteiger partial charge on any atom is -0.476 e. The van der Waals surface area contributed by atoms with Crippen molar-refractivity contribution < 1.29 is 14.6 Å². The largest absolute Gasteiger partial charge is 0.476 e. The standard InChI is InChI=1S/C26H29IN9O3P/c1-16-24-21-12-19-20(31-36(40-27)22(19)13-29-21)6-5-18-23(35(9-10-37)32-25(18)38-11-7-28)14-34-8-3-4-17(34)15-39-26(24)33(2)30-16/h5-6,12-13,17,37,40H,3-4,8-11,14-15H2,1-2H3/b6-5+. The van der Waals surface area contributed by atoms with E-state index in [1.807, 2.05) is 42.8 Å². The predicted molar refractivity (Wildman–Crippen MR) is 160 cm³/mol. The molecule has 2 unspecified atom stereocenters. The first-order valence-corrected chi connectivity index (χ1v) is 17.1. The lowest BCUT2D eigenvalue weighted by Crippen LogP contribution is -2.35. The fraction of sp³-hybridized carbons (Fsp3) is 0.423. The number of rotatable bonds is 5. The maximum Gasteiger partial charge on any atom is 0.241 e. The van der Waals surface area contributed by atoms with Crippen molar-refractivity contribution in [2.24, 2.45) is 7.05 Å². The third-order valence-electron chi connectivity index (χ3n) is 7.42. The van der Waals surface area contributed by atoms with Crippen LogP contribution in [0.1, 0.15) is 35.5 Å². The lowest BCUT2D eigenvalue weighted by Gasteiger charge is -2.25. The maximum atomic E-state index is 9.80. The highest BCUT2D eigenvalue weighted by molar-refractivity contribution is 14.2. The summed E-state index contributed by atoms with van der Waals surface area (Å²) in [6, 6.07) is 4.28.